The zero-order valence-electron chi connectivity index (χ0n) is 11.0. The topological polar surface area (TPSA) is 71.5 Å². The van der Waals surface area contributed by atoms with Crippen molar-refractivity contribution < 1.29 is 9.21 Å². The van der Waals surface area contributed by atoms with Crippen molar-refractivity contribution in [3.05, 3.63) is 23.7 Å². The van der Waals surface area contributed by atoms with Gasteiger partial charge in [-0.05, 0) is 37.4 Å². The second kappa shape index (κ2) is 5.12. The van der Waals surface area contributed by atoms with Crippen LogP contribution in [0.2, 0.25) is 0 Å². The molecule has 1 aliphatic heterocycles. The summed E-state index contributed by atoms with van der Waals surface area (Å²) in [5.74, 6) is 5.54. The van der Waals surface area contributed by atoms with Gasteiger partial charge in [-0.25, -0.2) is 5.84 Å². The van der Waals surface area contributed by atoms with Crippen LogP contribution in [0.5, 0.6) is 0 Å². The van der Waals surface area contributed by atoms with E-state index < -0.39 is 0 Å². The van der Waals surface area contributed by atoms with Gasteiger partial charge in [-0.1, -0.05) is 13.8 Å². The molecule has 0 aliphatic carbocycles. The van der Waals surface area contributed by atoms with Crippen molar-refractivity contribution in [2.75, 3.05) is 13.1 Å². The fraction of sp³-hybridized carbons (Fsp3) is 0.615. The molecule has 0 unspecified atom stereocenters. The lowest BCUT2D eigenvalue weighted by atomic mass is 9.82. The number of hydrogen-bond donors (Lipinski definition) is 2. The average Bonchev–Trinajstić information content (AvgIpc) is 2.79. The fourth-order valence-corrected chi connectivity index (χ4v) is 2.26. The number of hydrazine groups is 1. The zero-order chi connectivity index (χ0) is 13.2. The summed E-state index contributed by atoms with van der Waals surface area (Å²) in [6.45, 7) is 7.34. The van der Waals surface area contributed by atoms with Crippen LogP contribution in [0.15, 0.2) is 16.7 Å². The normalized spacial score (nSPS) is 19.7. The van der Waals surface area contributed by atoms with E-state index in [0.29, 0.717) is 23.3 Å². The van der Waals surface area contributed by atoms with E-state index in [9.17, 15) is 4.79 Å². The number of nitrogens with two attached hydrogens (primary N) is 1. The van der Waals surface area contributed by atoms with E-state index in [0.717, 1.165) is 13.1 Å². The fourth-order valence-electron chi connectivity index (χ4n) is 2.26. The molecule has 0 bridgehead atoms. The van der Waals surface area contributed by atoms with Crippen LogP contribution in [-0.2, 0) is 6.54 Å². The molecule has 0 spiro atoms. The van der Waals surface area contributed by atoms with Gasteiger partial charge in [0.1, 0.15) is 5.76 Å². The molecule has 1 amide bonds. The molecule has 0 radical (unpaired) electrons. The highest BCUT2D eigenvalue weighted by Crippen LogP contribution is 2.30. The monoisotopic (exact) mass is 251 g/mol. The highest BCUT2D eigenvalue weighted by molar-refractivity contribution is 5.94. The lowest BCUT2D eigenvalue weighted by molar-refractivity contribution is 0.0943. The Morgan fingerprint density at radius 3 is 2.78 bits per heavy atom. The SMILES string of the molecule is CC1(C)CCN(Cc2occc2C(=O)NN)CC1. The number of nitrogen functional groups attached to an aromatic ring is 1. The number of likely N-dealkylation sites (tertiary alicyclic amines) is 1. The molecule has 1 fully saturated rings. The van der Waals surface area contributed by atoms with Crippen molar-refractivity contribution >= 4 is 5.91 Å². The number of piperidine rings is 1. The van der Waals surface area contributed by atoms with Crippen molar-refractivity contribution in [3.63, 3.8) is 0 Å². The Kier molecular flexibility index (Phi) is 3.73. The van der Waals surface area contributed by atoms with Crippen LogP contribution >= 0.6 is 0 Å². The van der Waals surface area contributed by atoms with Gasteiger partial charge < -0.3 is 4.42 Å². The van der Waals surface area contributed by atoms with Crippen molar-refractivity contribution in [1.29, 1.82) is 0 Å². The maximum absolute atomic E-state index is 11.5. The van der Waals surface area contributed by atoms with Crippen molar-refractivity contribution in [3.8, 4) is 0 Å². The first-order valence-corrected chi connectivity index (χ1v) is 6.31. The molecular formula is C13H21N3O2. The summed E-state index contributed by atoms with van der Waals surface area (Å²) in [6.07, 6.45) is 3.88. The molecule has 5 heteroatoms. The molecule has 100 valence electrons. The van der Waals surface area contributed by atoms with Gasteiger partial charge in [0.2, 0.25) is 0 Å². The molecule has 1 saturated heterocycles. The van der Waals surface area contributed by atoms with E-state index in [1.54, 1.807) is 6.07 Å². The third kappa shape index (κ3) is 2.91. The Morgan fingerprint density at radius 1 is 1.50 bits per heavy atom. The molecule has 0 aromatic carbocycles. The van der Waals surface area contributed by atoms with Gasteiger partial charge >= 0.3 is 0 Å². The Labute approximate surface area is 107 Å². The summed E-state index contributed by atoms with van der Waals surface area (Å²) in [5.41, 5.74) is 3.10. The quantitative estimate of drug-likeness (QED) is 0.485. The van der Waals surface area contributed by atoms with Crippen LogP contribution in [-0.4, -0.2) is 23.9 Å². The summed E-state index contributed by atoms with van der Waals surface area (Å²) in [6, 6.07) is 1.66. The van der Waals surface area contributed by atoms with Crippen molar-refractivity contribution in [2.45, 2.75) is 33.2 Å². The zero-order valence-corrected chi connectivity index (χ0v) is 11.0. The van der Waals surface area contributed by atoms with Gasteiger partial charge in [0.15, 0.2) is 0 Å². The highest BCUT2D eigenvalue weighted by Gasteiger charge is 2.26. The summed E-state index contributed by atoms with van der Waals surface area (Å²) >= 11 is 0. The minimum absolute atomic E-state index is 0.295. The first-order valence-electron chi connectivity index (χ1n) is 6.31. The largest absolute Gasteiger partial charge is 0.467 e. The molecule has 0 saturated carbocycles. The predicted molar refractivity (Wildman–Crippen MR) is 68.7 cm³/mol. The number of carbonyl (C=O) groups excluding carboxylic acids is 1. The van der Waals surface area contributed by atoms with Crippen LogP contribution in [0.4, 0.5) is 0 Å². The first kappa shape index (κ1) is 13.1. The Balaban J connectivity index is 1.98. The number of carbonyl (C=O) groups is 1. The van der Waals surface area contributed by atoms with Crippen LogP contribution in [0.3, 0.4) is 0 Å². The Bertz CT molecular complexity index is 416. The van der Waals surface area contributed by atoms with Gasteiger partial charge in [-0.2, -0.15) is 0 Å². The minimum Gasteiger partial charge on any atom is -0.467 e. The number of nitrogens with one attached hydrogen (secondary N) is 1. The average molecular weight is 251 g/mol. The van der Waals surface area contributed by atoms with E-state index in [4.69, 9.17) is 10.3 Å². The van der Waals surface area contributed by atoms with Gasteiger partial charge in [-0.3, -0.25) is 15.1 Å². The molecule has 3 N–H and O–H groups in total. The Hall–Kier alpha value is -1.33. The van der Waals surface area contributed by atoms with E-state index in [2.05, 4.69) is 24.2 Å². The lowest BCUT2D eigenvalue weighted by Crippen LogP contribution is -2.37. The minimum atomic E-state index is -0.295. The molecule has 2 heterocycles. The van der Waals surface area contributed by atoms with Gasteiger partial charge in [-0.15, -0.1) is 0 Å². The van der Waals surface area contributed by atoms with Crippen molar-refractivity contribution in [1.82, 2.24) is 10.3 Å². The number of rotatable bonds is 3. The molecule has 2 rings (SSSR count). The summed E-state index contributed by atoms with van der Waals surface area (Å²) in [4.78, 5) is 13.8. The molecule has 1 aliphatic rings. The second-order valence-corrected chi connectivity index (χ2v) is 5.67. The number of amides is 1. The third-order valence-electron chi connectivity index (χ3n) is 3.70. The molecule has 18 heavy (non-hydrogen) atoms. The smallest absolute Gasteiger partial charge is 0.268 e. The standard InChI is InChI=1S/C13H21N3O2/c1-13(2)4-6-16(7-5-13)9-11-10(3-8-18-11)12(17)15-14/h3,8H,4-7,9,14H2,1-2H3,(H,15,17). The number of nitrogens with zero attached hydrogens (tertiary/aromatic N) is 1. The summed E-state index contributed by atoms with van der Waals surface area (Å²) in [7, 11) is 0. The lowest BCUT2D eigenvalue weighted by Gasteiger charge is -2.36. The second-order valence-electron chi connectivity index (χ2n) is 5.67. The predicted octanol–water partition coefficient (Wildman–Crippen LogP) is 1.51. The van der Waals surface area contributed by atoms with Crippen LogP contribution in [0.1, 0.15) is 42.8 Å². The molecule has 1 aromatic heterocycles. The third-order valence-corrected chi connectivity index (χ3v) is 3.70. The Morgan fingerprint density at radius 2 is 2.17 bits per heavy atom. The maximum Gasteiger partial charge on any atom is 0.268 e. The van der Waals surface area contributed by atoms with Crippen molar-refractivity contribution in [2.24, 2.45) is 11.3 Å². The van der Waals surface area contributed by atoms with E-state index in [-0.39, 0.29) is 5.91 Å². The molecule has 5 nitrogen and oxygen atoms in total. The van der Waals surface area contributed by atoms with E-state index in [1.807, 2.05) is 0 Å². The van der Waals surface area contributed by atoms with Crippen LogP contribution < -0.4 is 11.3 Å². The van der Waals surface area contributed by atoms with Gasteiger partial charge in [0.05, 0.1) is 18.4 Å². The van der Waals surface area contributed by atoms with E-state index in [1.165, 1.54) is 19.1 Å². The van der Waals surface area contributed by atoms with Crippen LogP contribution in [0, 0.1) is 5.41 Å². The molecule has 0 atom stereocenters. The number of furan rings is 1. The van der Waals surface area contributed by atoms with Crippen LogP contribution in [0.25, 0.3) is 0 Å². The number of hydrogen-bond acceptors (Lipinski definition) is 4. The molecular weight excluding hydrogens is 230 g/mol. The molecule has 1 aromatic rings. The van der Waals surface area contributed by atoms with E-state index >= 15 is 0 Å². The van der Waals surface area contributed by atoms with Gasteiger partial charge in [0, 0.05) is 0 Å². The summed E-state index contributed by atoms with van der Waals surface area (Å²) < 4.78 is 5.38. The highest BCUT2D eigenvalue weighted by atomic mass is 16.3. The summed E-state index contributed by atoms with van der Waals surface area (Å²) in [5, 5.41) is 0. The maximum atomic E-state index is 11.5. The van der Waals surface area contributed by atoms with Gasteiger partial charge in [0.25, 0.3) is 5.91 Å². The first-order chi connectivity index (χ1) is 8.52.